The van der Waals surface area contributed by atoms with Crippen molar-refractivity contribution >= 4 is 19.8 Å². The fourth-order valence-corrected chi connectivity index (χ4v) is 9.48. The number of nitrogens with two attached hydrogens (primary N) is 1. The number of esters is 2. The minimum Gasteiger partial charge on any atom is -0.462 e. The van der Waals surface area contributed by atoms with Crippen LogP contribution in [0.4, 0.5) is 0 Å². The minimum atomic E-state index is -4.41. The molecule has 0 amide bonds. The van der Waals surface area contributed by atoms with Gasteiger partial charge in [-0.3, -0.25) is 18.6 Å². The van der Waals surface area contributed by atoms with Gasteiger partial charge in [-0.25, -0.2) is 4.57 Å². The fourth-order valence-electron chi connectivity index (χ4n) is 8.72. The number of hydrogen-bond donors (Lipinski definition) is 2. The predicted octanol–water partition coefficient (Wildman–Crippen LogP) is 21.3. The molecule has 0 aliphatic heterocycles. The molecule has 0 aliphatic carbocycles. The van der Waals surface area contributed by atoms with Gasteiger partial charge in [-0.2, -0.15) is 0 Å². The third-order valence-corrected chi connectivity index (χ3v) is 14.5. The SMILES string of the molecule is CC/C=C\C/C=C\C/C=C\C/C=C\C/C=C\C/C=C\C/C=C\C/C=C\C/C=C\CCCCCCCC(=O)OC(COC(=O)CCCCCCCCCCCCCCCCC/C=C\C/C=C\CCCCCCC)COP(=O)(O)OCCN. The lowest BCUT2D eigenvalue weighted by Crippen LogP contribution is -2.29. The second-order valence-corrected chi connectivity index (χ2v) is 22.7. The number of unbranched alkanes of at least 4 members (excludes halogenated alkanes) is 25. The van der Waals surface area contributed by atoms with Crippen LogP contribution in [-0.4, -0.2) is 49.3 Å². The second kappa shape index (κ2) is 65.3. The number of phosphoric ester groups is 1. The first-order valence-corrected chi connectivity index (χ1v) is 34.2. The van der Waals surface area contributed by atoms with Crippen LogP contribution in [0.3, 0.4) is 0 Å². The molecule has 3 N–H and O–H groups in total. The molecule has 0 saturated carbocycles. The standard InChI is InChI=1S/C71H120NO8P/c1-3-5-7-9-11-13-15-17-19-21-23-25-27-29-31-32-33-34-35-36-38-40-42-44-46-48-50-52-54-56-58-60-62-64-71(74)80-69(68-79-81(75,76)78-66-65-72)67-77-70(73)63-61-59-57-55-53-51-49-47-45-43-41-39-37-30-28-26-24-22-20-18-16-14-12-10-8-6-4-2/h5,7,11,13,16-19,22-25,29,31,33-34,36,38,42,44,48,50,69H,3-4,6,8-10,12,14-15,20-21,26-28,30,32,35,37,39-41,43,45-47,49,51-68,72H2,1-2H3,(H,75,76)/b7-5-,13-11-,18-16-,19-17-,24-22-,25-23-,31-29-,34-33-,38-36-,44-42-,50-48-. The van der Waals surface area contributed by atoms with Crippen molar-refractivity contribution in [2.45, 2.75) is 277 Å². The van der Waals surface area contributed by atoms with Gasteiger partial charge in [0.1, 0.15) is 6.61 Å². The fraction of sp³-hybridized carbons (Fsp3) is 0.662. The smallest absolute Gasteiger partial charge is 0.462 e. The number of carbonyl (C=O) groups excluding carboxylic acids is 2. The average Bonchev–Trinajstić information content (AvgIpc) is 3.46. The zero-order valence-corrected chi connectivity index (χ0v) is 52.6. The molecule has 81 heavy (non-hydrogen) atoms. The minimum absolute atomic E-state index is 0.0436. The molecule has 0 aliphatic rings. The Hall–Kier alpha value is -3.85. The summed E-state index contributed by atoms with van der Waals surface area (Å²) in [6.07, 6.45) is 92.3. The Kier molecular flexibility index (Phi) is 62.2. The molecule has 0 aromatic carbocycles. The molecule has 10 heteroatoms. The Labute approximate surface area is 497 Å². The molecule has 0 aromatic rings. The van der Waals surface area contributed by atoms with Crippen LogP contribution < -0.4 is 5.73 Å². The van der Waals surface area contributed by atoms with Crippen LogP contribution in [0, 0.1) is 0 Å². The molecule has 0 spiro atoms. The van der Waals surface area contributed by atoms with E-state index in [9.17, 15) is 19.0 Å². The Morgan fingerprint density at radius 2 is 0.679 bits per heavy atom. The first kappa shape index (κ1) is 77.2. The van der Waals surface area contributed by atoms with E-state index in [1.165, 1.54) is 122 Å². The summed E-state index contributed by atoms with van der Waals surface area (Å²) in [5.41, 5.74) is 5.39. The number of phosphoric acid groups is 1. The Balaban J connectivity index is 4.02. The van der Waals surface area contributed by atoms with E-state index in [0.29, 0.717) is 6.42 Å². The van der Waals surface area contributed by atoms with E-state index in [1.54, 1.807) is 0 Å². The van der Waals surface area contributed by atoms with Crippen LogP contribution in [-0.2, 0) is 32.7 Å². The first-order chi connectivity index (χ1) is 39.8. The van der Waals surface area contributed by atoms with Gasteiger partial charge in [0.25, 0.3) is 0 Å². The molecule has 0 rings (SSSR count). The van der Waals surface area contributed by atoms with Gasteiger partial charge >= 0.3 is 19.8 Å². The van der Waals surface area contributed by atoms with Crippen LogP contribution in [0.25, 0.3) is 0 Å². The maximum Gasteiger partial charge on any atom is 0.472 e. The van der Waals surface area contributed by atoms with Gasteiger partial charge < -0.3 is 20.1 Å². The quantitative estimate of drug-likeness (QED) is 0.0264. The van der Waals surface area contributed by atoms with Crippen molar-refractivity contribution < 1.29 is 37.6 Å². The summed E-state index contributed by atoms with van der Waals surface area (Å²) in [6, 6.07) is 0. The summed E-state index contributed by atoms with van der Waals surface area (Å²) in [7, 11) is -4.41. The van der Waals surface area contributed by atoms with E-state index in [1.807, 2.05) is 0 Å². The van der Waals surface area contributed by atoms with Crippen molar-refractivity contribution in [2.24, 2.45) is 5.73 Å². The highest BCUT2D eigenvalue weighted by atomic mass is 31.2. The van der Waals surface area contributed by atoms with E-state index in [0.717, 1.165) is 116 Å². The Morgan fingerprint density at radius 3 is 1.01 bits per heavy atom. The molecule has 462 valence electrons. The van der Waals surface area contributed by atoms with Crippen molar-refractivity contribution in [3.8, 4) is 0 Å². The van der Waals surface area contributed by atoms with Gasteiger partial charge in [-0.05, 0) is 116 Å². The van der Waals surface area contributed by atoms with Crippen LogP contribution in [0.1, 0.15) is 271 Å². The van der Waals surface area contributed by atoms with Crippen molar-refractivity contribution in [1.82, 2.24) is 0 Å². The van der Waals surface area contributed by atoms with E-state index < -0.39 is 26.5 Å². The summed E-state index contributed by atoms with van der Waals surface area (Å²) < 4.78 is 33.1. The number of allylic oxidation sites excluding steroid dienone is 22. The highest BCUT2D eigenvalue weighted by molar-refractivity contribution is 7.47. The molecule has 2 unspecified atom stereocenters. The molecular weight excluding hydrogens is 1030 g/mol. The zero-order chi connectivity index (χ0) is 58.7. The molecule has 0 radical (unpaired) electrons. The largest absolute Gasteiger partial charge is 0.472 e. The van der Waals surface area contributed by atoms with Crippen molar-refractivity contribution in [3.05, 3.63) is 134 Å². The van der Waals surface area contributed by atoms with Gasteiger partial charge in [0.15, 0.2) is 6.10 Å². The molecule has 0 fully saturated rings. The van der Waals surface area contributed by atoms with Crippen molar-refractivity contribution in [2.75, 3.05) is 26.4 Å². The Morgan fingerprint density at radius 1 is 0.383 bits per heavy atom. The lowest BCUT2D eigenvalue weighted by molar-refractivity contribution is -0.161. The highest BCUT2D eigenvalue weighted by Crippen LogP contribution is 2.43. The monoisotopic (exact) mass is 1150 g/mol. The number of carbonyl (C=O) groups is 2. The lowest BCUT2D eigenvalue weighted by atomic mass is 10.0. The normalized spacial score (nSPS) is 13.9. The topological polar surface area (TPSA) is 134 Å². The van der Waals surface area contributed by atoms with E-state index in [4.69, 9.17) is 24.3 Å². The third-order valence-electron chi connectivity index (χ3n) is 13.5. The summed E-state index contributed by atoms with van der Waals surface area (Å²) in [5.74, 6) is -0.853. The van der Waals surface area contributed by atoms with Gasteiger partial charge in [0.2, 0.25) is 0 Å². The molecule has 0 bridgehead atoms. The lowest BCUT2D eigenvalue weighted by Gasteiger charge is -2.19. The van der Waals surface area contributed by atoms with E-state index in [2.05, 4.69) is 148 Å². The molecule has 0 aromatic heterocycles. The molecule has 9 nitrogen and oxygen atoms in total. The summed E-state index contributed by atoms with van der Waals surface area (Å²) >= 11 is 0. The van der Waals surface area contributed by atoms with Gasteiger partial charge in [0, 0.05) is 19.4 Å². The number of hydrogen-bond acceptors (Lipinski definition) is 8. The first-order valence-electron chi connectivity index (χ1n) is 32.7. The van der Waals surface area contributed by atoms with Crippen molar-refractivity contribution in [3.63, 3.8) is 0 Å². The van der Waals surface area contributed by atoms with Gasteiger partial charge in [-0.1, -0.05) is 276 Å². The molecule has 2 atom stereocenters. The van der Waals surface area contributed by atoms with Crippen LogP contribution >= 0.6 is 7.82 Å². The highest BCUT2D eigenvalue weighted by Gasteiger charge is 2.26. The average molecular weight is 1150 g/mol. The maximum absolute atomic E-state index is 12.7. The Bertz CT molecular complexity index is 1790. The summed E-state index contributed by atoms with van der Waals surface area (Å²) in [5, 5.41) is 0. The van der Waals surface area contributed by atoms with Crippen LogP contribution in [0.15, 0.2) is 134 Å². The van der Waals surface area contributed by atoms with E-state index >= 15 is 0 Å². The number of rotatable bonds is 60. The maximum atomic E-state index is 12.7. The van der Waals surface area contributed by atoms with Crippen LogP contribution in [0.5, 0.6) is 0 Å². The third kappa shape index (κ3) is 65.2. The summed E-state index contributed by atoms with van der Waals surface area (Å²) in [6.45, 7) is 3.60. The molecule has 0 saturated heterocycles. The number of ether oxygens (including phenoxy) is 2. The van der Waals surface area contributed by atoms with Crippen molar-refractivity contribution in [1.29, 1.82) is 0 Å². The molecular formula is C71H120NO8P. The summed E-state index contributed by atoms with van der Waals surface area (Å²) in [4.78, 5) is 35.3. The van der Waals surface area contributed by atoms with Crippen LogP contribution in [0.2, 0.25) is 0 Å². The zero-order valence-electron chi connectivity index (χ0n) is 51.7. The predicted molar refractivity (Wildman–Crippen MR) is 348 cm³/mol. The van der Waals surface area contributed by atoms with Gasteiger partial charge in [0.05, 0.1) is 13.2 Å². The van der Waals surface area contributed by atoms with E-state index in [-0.39, 0.29) is 38.6 Å². The van der Waals surface area contributed by atoms with Gasteiger partial charge in [-0.15, -0.1) is 0 Å². The second-order valence-electron chi connectivity index (χ2n) is 21.2. The molecule has 0 heterocycles.